The summed E-state index contributed by atoms with van der Waals surface area (Å²) in [7, 11) is -3.58. The van der Waals surface area contributed by atoms with Gasteiger partial charge in [0.15, 0.2) is 0 Å². The Morgan fingerprint density at radius 3 is 2.74 bits per heavy atom. The van der Waals surface area contributed by atoms with Crippen molar-refractivity contribution in [2.24, 2.45) is 11.7 Å². The van der Waals surface area contributed by atoms with E-state index in [2.05, 4.69) is 10.0 Å². The molecule has 0 aliphatic heterocycles. The summed E-state index contributed by atoms with van der Waals surface area (Å²) in [6.07, 6.45) is 3.00. The van der Waals surface area contributed by atoms with Gasteiger partial charge in [-0.25, -0.2) is 13.1 Å². The van der Waals surface area contributed by atoms with Gasteiger partial charge in [-0.2, -0.15) is 0 Å². The molecule has 2 atom stereocenters. The van der Waals surface area contributed by atoms with Gasteiger partial charge in [0.05, 0.1) is 4.90 Å². The van der Waals surface area contributed by atoms with Crippen LogP contribution >= 0.6 is 0 Å². The molecule has 1 aromatic carbocycles. The number of amides is 1. The van der Waals surface area contributed by atoms with E-state index < -0.39 is 10.0 Å². The summed E-state index contributed by atoms with van der Waals surface area (Å²) in [4.78, 5) is 12.7. The predicted molar refractivity (Wildman–Crippen MR) is 89.7 cm³/mol. The molecule has 1 amide bonds. The second-order valence-electron chi connectivity index (χ2n) is 5.98. The zero-order valence-electron chi connectivity index (χ0n) is 13.6. The van der Waals surface area contributed by atoms with Crippen molar-refractivity contribution in [2.45, 2.75) is 44.0 Å². The van der Waals surface area contributed by atoms with Crippen molar-refractivity contribution in [1.29, 1.82) is 0 Å². The summed E-state index contributed by atoms with van der Waals surface area (Å²) >= 11 is 0. The number of rotatable bonds is 6. The number of benzene rings is 1. The van der Waals surface area contributed by atoms with Gasteiger partial charge in [0.25, 0.3) is 5.91 Å². The van der Waals surface area contributed by atoms with Crippen LogP contribution in [0.3, 0.4) is 0 Å². The SMILES string of the molecule is CCNS(=O)(=O)c1ccc(C)c(C(=O)NC2CCCC2CN)c1. The molecule has 0 radical (unpaired) electrons. The fourth-order valence-electron chi connectivity index (χ4n) is 3.04. The van der Waals surface area contributed by atoms with E-state index >= 15 is 0 Å². The Bertz CT molecular complexity index is 673. The summed E-state index contributed by atoms with van der Waals surface area (Å²) in [6, 6.07) is 4.69. The number of carbonyl (C=O) groups is 1. The molecule has 2 unspecified atom stereocenters. The fourth-order valence-corrected chi connectivity index (χ4v) is 4.11. The maximum atomic E-state index is 12.6. The lowest BCUT2D eigenvalue weighted by Gasteiger charge is -2.20. The number of nitrogens with one attached hydrogen (secondary N) is 2. The Morgan fingerprint density at radius 2 is 2.09 bits per heavy atom. The second kappa shape index (κ2) is 7.42. The van der Waals surface area contributed by atoms with Crippen LogP contribution in [0.5, 0.6) is 0 Å². The summed E-state index contributed by atoms with van der Waals surface area (Å²) in [5.41, 5.74) is 6.89. The largest absolute Gasteiger partial charge is 0.349 e. The molecule has 1 aliphatic carbocycles. The molecule has 4 N–H and O–H groups in total. The van der Waals surface area contributed by atoms with E-state index in [1.54, 1.807) is 19.9 Å². The van der Waals surface area contributed by atoms with E-state index in [0.29, 0.717) is 24.6 Å². The number of sulfonamides is 1. The first-order chi connectivity index (χ1) is 10.9. The molecule has 23 heavy (non-hydrogen) atoms. The molecule has 0 aromatic heterocycles. The van der Waals surface area contributed by atoms with Gasteiger partial charge >= 0.3 is 0 Å². The van der Waals surface area contributed by atoms with Crippen LogP contribution < -0.4 is 15.8 Å². The zero-order chi connectivity index (χ0) is 17.0. The van der Waals surface area contributed by atoms with Gasteiger partial charge in [-0.15, -0.1) is 0 Å². The van der Waals surface area contributed by atoms with E-state index in [4.69, 9.17) is 5.73 Å². The average Bonchev–Trinajstić information content (AvgIpc) is 2.94. The summed E-state index contributed by atoms with van der Waals surface area (Å²) < 4.78 is 26.6. The van der Waals surface area contributed by atoms with Gasteiger partial charge in [-0.05, 0) is 49.9 Å². The number of hydrogen-bond donors (Lipinski definition) is 3. The highest BCUT2D eigenvalue weighted by atomic mass is 32.2. The van der Waals surface area contributed by atoms with E-state index in [9.17, 15) is 13.2 Å². The molecule has 2 rings (SSSR count). The number of carbonyl (C=O) groups excluding carboxylic acids is 1. The van der Waals surface area contributed by atoms with Crippen molar-refractivity contribution in [3.63, 3.8) is 0 Å². The Labute approximate surface area is 137 Å². The number of aryl methyl sites for hydroxylation is 1. The standard InChI is InChI=1S/C16H25N3O3S/c1-3-18-23(21,22)13-8-7-11(2)14(9-13)16(20)19-15-6-4-5-12(15)10-17/h7-9,12,15,18H,3-6,10,17H2,1-2H3,(H,19,20). The Kier molecular flexibility index (Phi) is 5.78. The normalized spacial score (nSPS) is 21.3. The van der Waals surface area contributed by atoms with Crippen molar-refractivity contribution >= 4 is 15.9 Å². The van der Waals surface area contributed by atoms with Crippen molar-refractivity contribution in [3.8, 4) is 0 Å². The second-order valence-corrected chi connectivity index (χ2v) is 7.75. The first-order valence-electron chi connectivity index (χ1n) is 8.00. The molecule has 1 aliphatic rings. The van der Waals surface area contributed by atoms with Crippen LogP contribution in [0.15, 0.2) is 23.1 Å². The number of nitrogens with two attached hydrogens (primary N) is 1. The minimum absolute atomic E-state index is 0.0703. The highest BCUT2D eigenvalue weighted by Gasteiger charge is 2.28. The Hall–Kier alpha value is -1.44. The maximum absolute atomic E-state index is 12.6. The minimum Gasteiger partial charge on any atom is -0.349 e. The first kappa shape index (κ1) is 17.9. The molecule has 1 aromatic rings. The smallest absolute Gasteiger partial charge is 0.251 e. The Balaban J connectivity index is 2.23. The lowest BCUT2D eigenvalue weighted by molar-refractivity contribution is 0.0928. The monoisotopic (exact) mass is 339 g/mol. The molecule has 0 spiro atoms. The quantitative estimate of drug-likeness (QED) is 0.723. The molecule has 1 saturated carbocycles. The topological polar surface area (TPSA) is 101 Å². The van der Waals surface area contributed by atoms with Gasteiger partial charge in [0.1, 0.15) is 0 Å². The van der Waals surface area contributed by atoms with Gasteiger partial charge < -0.3 is 11.1 Å². The van der Waals surface area contributed by atoms with Crippen molar-refractivity contribution in [3.05, 3.63) is 29.3 Å². The van der Waals surface area contributed by atoms with Gasteiger partial charge in [-0.3, -0.25) is 4.79 Å². The molecular formula is C16H25N3O3S. The molecule has 0 heterocycles. The molecule has 7 heteroatoms. The van der Waals surface area contributed by atoms with E-state index in [0.717, 1.165) is 24.8 Å². The summed E-state index contributed by atoms with van der Waals surface area (Å²) in [5, 5.41) is 3.01. The molecule has 6 nitrogen and oxygen atoms in total. The third-order valence-electron chi connectivity index (χ3n) is 4.38. The summed E-state index contributed by atoms with van der Waals surface area (Å²) in [5.74, 6) is 0.0642. The molecule has 0 saturated heterocycles. The minimum atomic E-state index is -3.58. The van der Waals surface area contributed by atoms with Crippen LogP contribution in [-0.4, -0.2) is 33.5 Å². The lowest BCUT2D eigenvalue weighted by atomic mass is 10.0. The lowest BCUT2D eigenvalue weighted by Crippen LogP contribution is -2.40. The third kappa shape index (κ3) is 4.10. The van der Waals surface area contributed by atoms with Crippen LogP contribution in [0.4, 0.5) is 0 Å². The molecule has 0 bridgehead atoms. The average molecular weight is 339 g/mol. The van der Waals surface area contributed by atoms with Crippen molar-refractivity contribution < 1.29 is 13.2 Å². The highest BCUT2D eigenvalue weighted by molar-refractivity contribution is 7.89. The number of hydrogen-bond acceptors (Lipinski definition) is 4. The molecular weight excluding hydrogens is 314 g/mol. The third-order valence-corrected chi connectivity index (χ3v) is 5.92. The van der Waals surface area contributed by atoms with Crippen molar-refractivity contribution in [2.75, 3.05) is 13.1 Å². The zero-order valence-corrected chi connectivity index (χ0v) is 14.4. The van der Waals surface area contributed by atoms with Crippen LogP contribution in [-0.2, 0) is 10.0 Å². The predicted octanol–water partition coefficient (Wildman–Crippen LogP) is 1.15. The van der Waals surface area contributed by atoms with E-state index in [1.807, 2.05) is 0 Å². The maximum Gasteiger partial charge on any atom is 0.251 e. The van der Waals surface area contributed by atoms with Crippen LogP contribution in [0.25, 0.3) is 0 Å². The van der Waals surface area contributed by atoms with Gasteiger partial charge in [0, 0.05) is 18.2 Å². The molecule has 1 fully saturated rings. The van der Waals surface area contributed by atoms with Crippen LogP contribution in [0.1, 0.15) is 42.1 Å². The van der Waals surface area contributed by atoms with Gasteiger partial charge in [0.2, 0.25) is 10.0 Å². The van der Waals surface area contributed by atoms with Crippen LogP contribution in [0.2, 0.25) is 0 Å². The van der Waals surface area contributed by atoms with Gasteiger partial charge in [-0.1, -0.05) is 19.4 Å². The summed E-state index contributed by atoms with van der Waals surface area (Å²) in [6.45, 7) is 4.37. The fraction of sp³-hybridized carbons (Fsp3) is 0.562. The van der Waals surface area contributed by atoms with Crippen LogP contribution in [0, 0.1) is 12.8 Å². The Morgan fingerprint density at radius 1 is 1.35 bits per heavy atom. The van der Waals surface area contributed by atoms with E-state index in [-0.39, 0.29) is 16.8 Å². The van der Waals surface area contributed by atoms with Crippen molar-refractivity contribution in [1.82, 2.24) is 10.0 Å². The highest BCUT2D eigenvalue weighted by Crippen LogP contribution is 2.25. The molecule has 128 valence electrons. The van der Waals surface area contributed by atoms with E-state index in [1.165, 1.54) is 12.1 Å². The first-order valence-corrected chi connectivity index (χ1v) is 9.48.